The number of morpholine rings is 1. The number of rotatable bonds is 5. The lowest BCUT2D eigenvalue weighted by Gasteiger charge is -2.24. The van der Waals surface area contributed by atoms with Crippen LogP contribution in [0.2, 0.25) is 0 Å². The van der Waals surface area contributed by atoms with Crippen LogP contribution in [0.1, 0.15) is 33.1 Å². The van der Waals surface area contributed by atoms with Gasteiger partial charge in [0.15, 0.2) is 0 Å². The molecule has 0 aromatic heterocycles. The second-order valence-electron chi connectivity index (χ2n) is 4.13. The van der Waals surface area contributed by atoms with E-state index in [0.29, 0.717) is 13.2 Å². The minimum atomic E-state index is -0.164. The molecule has 0 saturated carbocycles. The lowest BCUT2D eigenvalue weighted by molar-refractivity contribution is -0.126. The SMILES string of the molecule is CCCCC(C)NC(=O)C1COCCN1. The molecule has 1 rings (SSSR count). The molecule has 4 nitrogen and oxygen atoms in total. The summed E-state index contributed by atoms with van der Waals surface area (Å²) in [6, 6.07) is 0.101. The minimum Gasteiger partial charge on any atom is -0.378 e. The Balaban J connectivity index is 2.21. The van der Waals surface area contributed by atoms with Gasteiger partial charge in [-0.1, -0.05) is 19.8 Å². The maximum Gasteiger partial charge on any atom is 0.239 e. The Bertz CT molecular complexity index is 191. The highest BCUT2D eigenvalue weighted by molar-refractivity contribution is 5.82. The van der Waals surface area contributed by atoms with Crippen molar-refractivity contribution < 1.29 is 9.53 Å². The van der Waals surface area contributed by atoms with E-state index in [1.807, 2.05) is 0 Å². The van der Waals surface area contributed by atoms with Gasteiger partial charge in [-0.2, -0.15) is 0 Å². The maximum absolute atomic E-state index is 11.7. The molecule has 0 radical (unpaired) electrons. The molecule has 1 fully saturated rings. The summed E-state index contributed by atoms with van der Waals surface area (Å²) < 4.78 is 5.24. The van der Waals surface area contributed by atoms with Gasteiger partial charge in [0.25, 0.3) is 0 Å². The van der Waals surface area contributed by atoms with Crippen molar-refractivity contribution >= 4 is 5.91 Å². The van der Waals surface area contributed by atoms with Gasteiger partial charge in [-0.3, -0.25) is 4.79 Å². The summed E-state index contributed by atoms with van der Waals surface area (Å²) in [5, 5.41) is 6.15. The molecule has 1 heterocycles. The predicted octanol–water partition coefficient (Wildman–Crippen LogP) is 0.670. The summed E-state index contributed by atoms with van der Waals surface area (Å²) in [5.74, 6) is 0.0679. The third kappa shape index (κ3) is 4.62. The highest BCUT2D eigenvalue weighted by Gasteiger charge is 2.21. The van der Waals surface area contributed by atoms with Crippen LogP contribution >= 0.6 is 0 Å². The number of unbranched alkanes of at least 4 members (excludes halogenated alkanes) is 1. The fourth-order valence-electron chi connectivity index (χ4n) is 1.66. The normalized spacial score (nSPS) is 23.5. The summed E-state index contributed by atoms with van der Waals surface area (Å²) in [5.41, 5.74) is 0. The first-order chi connectivity index (χ1) is 7.24. The van der Waals surface area contributed by atoms with Crippen LogP contribution < -0.4 is 10.6 Å². The summed E-state index contributed by atoms with van der Waals surface area (Å²) in [4.78, 5) is 11.7. The van der Waals surface area contributed by atoms with Gasteiger partial charge in [-0.25, -0.2) is 0 Å². The van der Waals surface area contributed by atoms with Gasteiger partial charge in [-0.15, -0.1) is 0 Å². The zero-order valence-electron chi connectivity index (χ0n) is 9.71. The van der Waals surface area contributed by atoms with Crippen LogP contribution in [0, 0.1) is 0 Å². The largest absolute Gasteiger partial charge is 0.378 e. The molecule has 1 aliphatic rings. The van der Waals surface area contributed by atoms with Crippen LogP contribution in [0.3, 0.4) is 0 Å². The molecular formula is C11H22N2O2. The van der Waals surface area contributed by atoms with Gasteiger partial charge in [0.1, 0.15) is 6.04 Å². The Labute approximate surface area is 91.8 Å². The number of carbonyl (C=O) groups excluding carboxylic acids is 1. The predicted molar refractivity (Wildman–Crippen MR) is 59.7 cm³/mol. The molecule has 0 aromatic rings. The number of hydrogen-bond acceptors (Lipinski definition) is 3. The van der Waals surface area contributed by atoms with Gasteiger partial charge < -0.3 is 15.4 Å². The highest BCUT2D eigenvalue weighted by atomic mass is 16.5. The molecule has 0 bridgehead atoms. The highest BCUT2D eigenvalue weighted by Crippen LogP contribution is 2.01. The molecule has 1 aliphatic heterocycles. The molecule has 88 valence electrons. The number of hydrogen-bond donors (Lipinski definition) is 2. The smallest absolute Gasteiger partial charge is 0.239 e. The molecule has 0 aliphatic carbocycles. The Hall–Kier alpha value is -0.610. The van der Waals surface area contributed by atoms with Crippen molar-refractivity contribution in [2.24, 2.45) is 0 Å². The van der Waals surface area contributed by atoms with Crippen molar-refractivity contribution in [2.75, 3.05) is 19.8 Å². The Morgan fingerprint density at radius 3 is 3.07 bits per heavy atom. The van der Waals surface area contributed by atoms with E-state index >= 15 is 0 Å². The van der Waals surface area contributed by atoms with Crippen molar-refractivity contribution in [3.8, 4) is 0 Å². The van der Waals surface area contributed by atoms with Gasteiger partial charge in [0.2, 0.25) is 5.91 Å². The van der Waals surface area contributed by atoms with E-state index in [2.05, 4.69) is 24.5 Å². The average Bonchev–Trinajstić information content (AvgIpc) is 2.27. The molecule has 4 heteroatoms. The zero-order chi connectivity index (χ0) is 11.1. The Morgan fingerprint density at radius 2 is 2.47 bits per heavy atom. The van der Waals surface area contributed by atoms with Crippen molar-refractivity contribution in [2.45, 2.75) is 45.2 Å². The molecule has 1 amide bonds. The summed E-state index contributed by atoms with van der Waals surface area (Å²) in [6.45, 7) is 6.17. The van der Waals surface area contributed by atoms with Crippen LogP contribution in [0.15, 0.2) is 0 Å². The van der Waals surface area contributed by atoms with Gasteiger partial charge in [0, 0.05) is 12.6 Å². The van der Waals surface area contributed by atoms with Gasteiger partial charge in [0.05, 0.1) is 13.2 Å². The molecule has 2 N–H and O–H groups in total. The standard InChI is InChI=1S/C11H22N2O2/c1-3-4-5-9(2)13-11(14)10-8-15-7-6-12-10/h9-10,12H,3-8H2,1-2H3,(H,13,14). The van der Waals surface area contributed by atoms with E-state index in [1.165, 1.54) is 6.42 Å². The fraction of sp³-hybridized carbons (Fsp3) is 0.909. The Kier molecular flexibility index (Phi) is 5.65. The summed E-state index contributed by atoms with van der Waals surface area (Å²) >= 11 is 0. The molecule has 2 atom stereocenters. The topological polar surface area (TPSA) is 50.4 Å². The molecule has 2 unspecified atom stereocenters. The average molecular weight is 214 g/mol. The monoisotopic (exact) mass is 214 g/mol. The number of carbonyl (C=O) groups is 1. The van der Waals surface area contributed by atoms with E-state index in [-0.39, 0.29) is 18.0 Å². The van der Waals surface area contributed by atoms with Crippen molar-refractivity contribution in [3.05, 3.63) is 0 Å². The second-order valence-corrected chi connectivity index (χ2v) is 4.13. The van der Waals surface area contributed by atoms with E-state index < -0.39 is 0 Å². The van der Waals surface area contributed by atoms with Crippen LogP contribution in [0.5, 0.6) is 0 Å². The van der Waals surface area contributed by atoms with Crippen molar-refractivity contribution in [1.82, 2.24) is 10.6 Å². The number of nitrogens with one attached hydrogen (secondary N) is 2. The first-order valence-corrected chi connectivity index (χ1v) is 5.85. The lowest BCUT2D eigenvalue weighted by Crippen LogP contribution is -2.52. The van der Waals surface area contributed by atoms with E-state index in [1.54, 1.807) is 0 Å². The fourth-order valence-corrected chi connectivity index (χ4v) is 1.66. The minimum absolute atomic E-state index is 0.0679. The zero-order valence-corrected chi connectivity index (χ0v) is 9.71. The Morgan fingerprint density at radius 1 is 1.67 bits per heavy atom. The first kappa shape index (κ1) is 12.5. The first-order valence-electron chi connectivity index (χ1n) is 5.85. The summed E-state index contributed by atoms with van der Waals surface area (Å²) in [6.07, 6.45) is 3.39. The lowest BCUT2D eigenvalue weighted by atomic mass is 10.1. The van der Waals surface area contributed by atoms with E-state index in [9.17, 15) is 4.79 Å². The van der Waals surface area contributed by atoms with E-state index in [0.717, 1.165) is 19.4 Å². The number of ether oxygens (including phenoxy) is 1. The molecule has 0 spiro atoms. The second kappa shape index (κ2) is 6.80. The van der Waals surface area contributed by atoms with Gasteiger partial charge >= 0.3 is 0 Å². The molecular weight excluding hydrogens is 192 g/mol. The van der Waals surface area contributed by atoms with E-state index in [4.69, 9.17) is 4.74 Å². The molecule has 1 saturated heterocycles. The maximum atomic E-state index is 11.7. The van der Waals surface area contributed by atoms with Crippen LogP contribution in [-0.2, 0) is 9.53 Å². The third-order valence-corrected chi connectivity index (χ3v) is 2.62. The van der Waals surface area contributed by atoms with Crippen molar-refractivity contribution in [3.63, 3.8) is 0 Å². The van der Waals surface area contributed by atoms with Crippen LogP contribution in [0.4, 0.5) is 0 Å². The van der Waals surface area contributed by atoms with Gasteiger partial charge in [-0.05, 0) is 13.3 Å². The quantitative estimate of drug-likeness (QED) is 0.707. The number of amides is 1. The van der Waals surface area contributed by atoms with Crippen molar-refractivity contribution in [1.29, 1.82) is 0 Å². The third-order valence-electron chi connectivity index (χ3n) is 2.62. The van der Waals surface area contributed by atoms with Crippen LogP contribution in [-0.4, -0.2) is 37.7 Å². The summed E-state index contributed by atoms with van der Waals surface area (Å²) in [7, 11) is 0. The van der Waals surface area contributed by atoms with Crippen LogP contribution in [0.25, 0.3) is 0 Å². The molecule has 15 heavy (non-hydrogen) atoms. The molecule has 0 aromatic carbocycles.